The molecule has 136 valence electrons. The molecule has 26 heavy (non-hydrogen) atoms. The van der Waals surface area contributed by atoms with Crippen LogP contribution in [0.2, 0.25) is 0 Å². The molecule has 0 saturated carbocycles. The zero-order valence-electron chi connectivity index (χ0n) is 15.4. The lowest BCUT2D eigenvalue weighted by atomic mass is 10.0. The van der Waals surface area contributed by atoms with Crippen molar-refractivity contribution in [1.82, 2.24) is 24.6 Å². The first-order valence-electron chi connectivity index (χ1n) is 9.12. The second-order valence-corrected chi connectivity index (χ2v) is 7.16. The maximum atomic E-state index is 10.7. The summed E-state index contributed by atoms with van der Waals surface area (Å²) in [6.45, 7) is 2.58. The van der Waals surface area contributed by atoms with E-state index in [4.69, 9.17) is 0 Å². The van der Waals surface area contributed by atoms with Gasteiger partial charge in [-0.15, -0.1) is 0 Å². The highest BCUT2D eigenvalue weighted by Gasteiger charge is 2.26. The molecule has 1 N–H and O–H groups in total. The summed E-state index contributed by atoms with van der Waals surface area (Å²) in [5, 5.41) is 15.2. The second-order valence-electron chi connectivity index (χ2n) is 7.16. The van der Waals surface area contributed by atoms with Gasteiger partial charge >= 0.3 is 0 Å². The fraction of sp³-hybridized carbons (Fsp3) is 0.400. The molecule has 3 heterocycles. The van der Waals surface area contributed by atoms with Crippen LogP contribution in [0.1, 0.15) is 24.1 Å². The van der Waals surface area contributed by atoms with Gasteiger partial charge in [0.25, 0.3) is 0 Å². The summed E-state index contributed by atoms with van der Waals surface area (Å²) in [6.07, 6.45) is 9.40. The third-order valence-corrected chi connectivity index (χ3v) is 5.09. The molecule has 4 rings (SSSR count). The number of rotatable bonds is 4. The van der Waals surface area contributed by atoms with Gasteiger partial charge in [0.15, 0.2) is 5.82 Å². The van der Waals surface area contributed by atoms with Crippen molar-refractivity contribution in [3.05, 3.63) is 59.1 Å². The molecular formula is C20H25N5O. The van der Waals surface area contributed by atoms with Crippen molar-refractivity contribution in [3.8, 4) is 11.7 Å². The zero-order valence-corrected chi connectivity index (χ0v) is 15.4. The van der Waals surface area contributed by atoms with E-state index in [0.717, 1.165) is 50.2 Å². The third-order valence-electron chi connectivity index (χ3n) is 5.09. The minimum atomic E-state index is 0.213. The molecule has 2 aliphatic rings. The number of aromatic nitrogens is 3. The van der Waals surface area contributed by atoms with Crippen LogP contribution < -0.4 is 0 Å². The Morgan fingerprint density at radius 1 is 1.23 bits per heavy atom. The quantitative estimate of drug-likeness (QED) is 0.917. The maximum Gasteiger partial charge on any atom is 0.220 e. The fourth-order valence-electron chi connectivity index (χ4n) is 3.66. The van der Waals surface area contributed by atoms with Crippen LogP contribution in [0, 0.1) is 0 Å². The molecule has 0 saturated heterocycles. The van der Waals surface area contributed by atoms with Gasteiger partial charge in [0, 0.05) is 52.0 Å². The van der Waals surface area contributed by atoms with Crippen LogP contribution in [-0.4, -0.2) is 56.9 Å². The first-order valence-corrected chi connectivity index (χ1v) is 9.12. The predicted molar refractivity (Wildman–Crippen MR) is 101 cm³/mol. The van der Waals surface area contributed by atoms with Crippen LogP contribution in [-0.2, 0) is 13.0 Å². The van der Waals surface area contributed by atoms with Crippen molar-refractivity contribution in [2.45, 2.75) is 25.8 Å². The SMILES string of the molecule is CN(C)C1=CC(CN2CCc3nn(-c4ccccn4)c(O)c3C2)=CCC1. The largest absolute Gasteiger partial charge is 0.493 e. The Bertz CT molecular complexity index is 851. The predicted octanol–water partition coefficient (Wildman–Crippen LogP) is 2.50. The molecule has 0 amide bonds. The van der Waals surface area contributed by atoms with Gasteiger partial charge in [-0.25, -0.2) is 4.98 Å². The fourth-order valence-corrected chi connectivity index (χ4v) is 3.66. The molecule has 0 radical (unpaired) electrons. The molecule has 6 nitrogen and oxygen atoms in total. The maximum absolute atomic E-state index is 10.7. The van der Waals surface area contributed by atoms with E-state index in [9.17, 15) is 5.11 Å². The molecule has 2 aromatic heterocycles. The second kappa shape index (κ2) is 6.96. The lowest BCUT2D eigenvalue weighted by Gasteiger charge is -2.28. The van der Waals surface area contributed by atoms with Gasteiger partial charge in [-0.3, -0.25) is 4.90 Å². The van der Waals surface area contributed by atoms with Crippen LogP contribution in [0.5, 0.6) is 5.88 Å². The molecule has 0 aromatic carbocycles. The number of hydrogen-bond acceptors (Lipinski definition) is 5. The number of allylic oxidation sites excluding steroid dienone is 2. The van der Waals surface area contributed by atoms with Gasteiger partial charge in [-0.2, -0.15) is 9.78 Å². The van der Waals surface area contributed by atoms with Crippen molar-refractivity contribution in [2.24, 2.45) is 0 Å². The van der Waals surface area contributed by atoms with Gasteiger partial charge in [0.05, 0.1) is 11.3 Å². The van der Waals surface area contributed by atoms with E-state index in [1.54, 1.807) is 10.9 Å². The molecule has 1 aliphatic heterocycles. The molecule has 6 heteroatoms. The highest BCUT2D eigenvalue weighted by atomic mass is 16.3. The average Bonchev–Trinajstić information content (AvgIpc) is 2.99. The van der Waals surface area contributed by atoms with Gasteiger partial charge in [0.1, 0.15) is 0 Å². The van der Waals surface area contributed by atoms with E-state index in [0.29, 0.717) is 5.82 Å². The topological polar surface area (TPSA) is 57.4 Å². The minimum Gasteiger partial charge on any atom is -0.493 e. The van der Waals surface area contributed by atoms with Crippen molar-refractivity contribution in [3.63, 3.8) is 0 Å². The molecule has 0 atom stereocenters. The monoisotopic (exact) mass is 351 g/mol. The molecule has 2 aromatic rings. The molecule has 0 bridgehead atoms. The van der Waals surface area contributed by atoms with Crippen LogP contribution >= 0.6 is 0 Å². The molecular weight excluding hydrogens is 326 g/mol. The first-order chi connectivity index (χ1) is 12.6. The van der Waals surface area contributed by atoms with E-state index in [1.165, 1.54) is 11.3 Å². The van der Waals surface area contributed by atoms with Crippen LogP contribution in [0.25, 0.3) is 5.82 Å². The molecule has 0 unspecified atom stereocenters. The average molecular weight is 351 g/mol. The Kier molecular flexibility index (Phi) is 4.51. The van der Waals surface area contributed by atoms with E-state index >= 15 is 0 Å². The number of aromatic hydroxyl groups is 1. The standard InChI is InChI=1S/C20H25N5O/c1-23(2)16-7-5-6-15(12-16)13-24-11-9-18-17(14-24)20(26)25(22-18)19-8-3-4-10-21-19/h3-4,6,8,10,12,26H,5,7,9,11,13-14H2,1-2H3. The highest BCUT2D eigenvalue weighted by molar-refractivity contribution is 5.39. The number of pyridine rings is 1. The van der Waals surface area contributed by atoms with Crippen LogP contribution in [0.15, 0.2) is 47.8 Å². The molecule has 0 spiro atoms. The summed E-state index contributed by atoms with van der Waals surface area (Å²) in [5.41, 5.74) is 4.65. The minimum absolute atomic E-state index is 0.213. The lowest BCUT2D eigenvalue weighted by molar-refractivity contribution is 0.271. The van der Waals surface area contributed by atoms with Crippen molar-refractivity contribution in [1.29, 1.82) is 0 Å². The van der Waals surface area contributed by atoms with Crippen LogP contribution in [0.3, 0.4) is 0 Å². The molecule has 1 aliphatic carbocycles. The van der Waals surface area contributed by atoms with Crippen LogP contribution in [0.4, 0.5) is 0 Å². The number of hydrogen-bond donors (Lipinski definition) is 1. The summed E-state index contributed by atoms with van der Waals surface area (Å²) in [5.74, 6) is 0.866. The lowest BCUT2D eigenvalue weighted by Crippen LogP contribution is -2.32. The van der Waals surface area contributed by atoms with Gasteiger partial charge in [0.2, 0.25) is 5.88 Å². The Labute approximate surface area is 154 Å². The summed E-state index contributed by atoms with van der Waals surface area (Å²) in [6, 6.07) is 5.62. The summed E-state index contributed by atoms with van der Waals surface area (Å²) in [4.78, 5) is 8.88. The van der Waals surface area contributed by atoms with E-state index in [-0.39, 0.29) is 5.88 Å². The first kappa shape index (κ1) is 16.8. The van der Waals surface area contributed by atoms with Gasteiger partial charge in [-0.05, 0) is 36.6 Å². The van der Waals surface area contributed by atoms with E-state index in [2.05, 4.69) is 46.1 Å². The Morgan fingerprint density at radius 2 is 2.12 bits per heavy atom. The smallest absolute Gasteiger partial charge is 0.220 e. The van der Waals surface area contributed by atoms with Crippen molar-refractivity contribution in [2.75, 3.05) is 27.2 Å². The van der Waals surface area contributed by atoms with E-state index in [1.807, 2.05) is 18.2 Å². The highest BCUT2D eigenvalue weighted by Crippen LogP contribution is 2.30. The normalized spacial score (nSPS) is 17.5. The zero-order chi connectivity index (χ0) is 18.1. The van der Waals surface area contributed by atoms with Gasteiger partial charge in [-0.1, -0.05) is 12.1 Å². The number of fused-ring (bicyclic) bond motifs is 1. The Hall–Kier alpha value is -2.60. The van der Waals surface area contributed by atoms with Crippen molar-refractivity contribution >= 4 is 0 Å². The summed E-state index contributed by atoms with van der Waals surface area (Å²) in [7, 11) is 4.21. The number of nitrogens with zero attached hydrogens (tertiary/aromatic N) is 5. The van der Waals surface area contributed by atoms with Crippen molar-refractivity contribution < 1.29 is 5.11 Å². The van der Waals surface area contributed by atoms with E-state index < -0.39 is 0 Å². The van der Waals surface area contributed by atoms with Gasteiger partial charge < -0.3 is 10.0 Å². The molecule has 0 fully saturated rings. The Balaban J connectivity index is 1.52. The summed E-state index contributed by atoms with van der Waals surface area (Å²) >= 11 is 0. The third kappa shape index (κ3) is 3.24. The Morgan fingerprint density at radius 3 is 2.88 bits per heavy atom. The summed E-state index contributed by atoms with van der Waals surface area (Å²) < 4.78 is 1.55.